The maximum atomic E-state index is 12.8. The summed E-state index contributed by atoms with van der Waals surface area (Å²) in [6, 6.07) is 6.69. The molecule has 148 valence electrons. The molecule has 0 N–H and O–H groups in total. The maximum absolute atomic E-state index is 12.8. The minimum absolute atomic E-state index is 0.142. The van der Waals surface area contributed by atoms with Crippen LogP contribution in [-0.2, 0) is 19.6 Å². The van der Waals surface area contributed by atoms with Crippen LogP contribution in [0.3, 0.4) is 0 Å². The smallest absolute Gasteiger partial charge is 0.310 e. The molecule has 0 bridgehead atoms. The lowest BCUT2D eigenvalue weighted by Crippen LogP contribution is -2.42. The number of hydrogen-bond donors (Lipinski definition) is 0. The number of ether oxygens (including phenoxy) is 1. The van der Waals surface area contributed by atoms with Gasteiger partial charge in [0.1, 0.15) is 0 Å². The molecule has 0 radical (unpaired) electrons. The summed E-state index contributed by atoms with van der Waals surface area (Å²) in [4.78, 5) is 26.4. The third kappa shape index (κ3) is 4.43. The van der Waals surface area contributed by atoms with Gasteiger partial charge in [-0.1, -0.05) is 0 Å². The average molecular weight is 394 g/mol. The minimum Gasteiger partial charge on any atom is -0.466 e. The molecular formula is C19H26N2O5S. The molecule has 8 heteroatoms. The number of esters is 1. The van der Waals surface area contributed by atoms with E-state index < -0.39 is 10.0 Å². The Balaban J connectivity index is 1.69. The number of hydrogen-bond acceptors (Lipinski definition) is 5. The molecule has 1 aromatic rings. The van der Waals surface area contributed by atoms with Gasteiger partial charge in [-0.3, -0.25) is 13.9 Å². The van der Waals surface area contributed by atoms with E-state index in [0.717, 1.165) is 19.3 Å². The Bertz CT molecular complexity index is 791. The van der Waals surface area contributed by atoms with Crippen molar-refractivity contribution in [2.75, 3.05) is 36.3 Å². The summed E-state index contributed by atoms with van der Waals surface area (Å²) in [5.74, 6) is -0.505. The van der Waals surface area contributed by atoms with Crippen LogP contribution in [0.4, 0.5) is 5.69 Å². The standard InChI is InChI=1S/C19H26N2O5S/c1-2-26-19(23)16-6-5-11-20(14-16)18(22)15-7-9-17(10-8-15)21-12-3-4-13-27(21,24)25/h7-10,16H,2-6,11-14H2,1H3/t16-/m0/s1. The lowest BCUT2D eigenvalue weighted by Gasteiger charge is -2.32. The minimum atomic E-state index is -3.27. The molecule has 0 spiro atoms. The van der Waals surface area contributed by atoms with E-state index in [4.69, 9.17) is 4.74 Å². The quantitative estimate of drug-likeness (QED) is 0.730. The van der Waals surface area contributed by atoms with Crippen molar-refractivity contribution in [3.63, 3.8) is 0 Å². The summed E-state index contributed by atoms with van der Waals surface area (Å²) in [5, 5.41) is 0. The van der Waals surface area contributed by atoms with E-state index in [9.17, 15) is 18.0 Å². The van der Waals surface area contributed by atoms with Gasteiger partial charge in [0.15, 0.2) is 0 Å². The third-order valence-electron chi connectivity index (χ3n) is 5.08. The largest absolute Gasteiger partial charge is 0.466 e. The Hall–Kier alpha value is -2.09. The Labute approximate surface area is 160 Å². The lowest BCUT2D eigenvalue weighted by atomic mass is 9.97. The topological polar surface area (TPSA) is 84.0 Å². The summed E-state index contributed by atoms with van der Waals surface area (Å²) in [7, 11) is -3.27. The van der Waals surface area contributed by atoms with Crippen molar-refractivity contribution in [3.05, 3.63) is 29.8 Å². The van der Waals surface area contributed by atoms with Gasteiger partial charge in [0.2, 0.25) is 10.0 Å². The second kappa shape index (κ2) is 8.29. The number of benzene rings is 1. The van der Waals surface area contributed by atoms with Crippen molar-refractivity contribution in [1.82, 2.24) is 4.90 Å². The molecule has 3 rings (SSSR count). The Morgan fingerprint density at radius 1 is 1.11 bits per heavy atom. The summed E-state index contributed by atoms with van der Waals surface area (Å²) < 4.78 is 30.9. The van der Waals surface area contributed by atoms with Gasteiger partial charge in [-0.25, -0.2) is 8.42 Å². The van der Waals surface area contributed by atoms with Crippen molar-refractivity contribution < 1.29 is 22.7 Å². The number of nitrogens with zero attached hydrogens (tertiary/aromatic N) is 2. The first kappa shape index (κ1) is 19.7. The van der Waals surface area contributed by atoms with Gasteiger partial charge in [-0.2, -0.15) is 0 Å². The Morgan fingerprint density at radius 2 is 1.85 bits per heavy atom. The number of carbonyl (C=O) groups is 2. The van der Waals surface area contributed by atoms with Crippen molar-refractivity contribution in [3.8, 4) is 0 Å². The van der Waals surface area contributed by atoms with E-state index in [2.05, 4.69) is 0 Å². The van der Waals surface area contributed by atoms with Gasteiger partial charge < -0.3 is 9.64 Å². The fraction of sp³-hybridized carbons (Fsp3) is 0.579. The first-order chi connectivity index (χ1) is 12.9. The molecule has 27 heavy (non-hydrogen) atoms. The zero-order valence-corrected chi connectivity index (χ0v) is 16.4. The molecule has 0 unspecified atom stereocenters. The SMILES string of the molecule is CCOC(=O)[C@H]1CCCN(C(=O)c2ccc(N3CCCCS3(=O)=O)cc2)C1. The summed E-state index contributed by atoms with van der Waals surface area (Å²) in [6.45, 7) is 3.55. The molecule has 0 aromatic heterocycles. The second-order valence-electron chi connectivity index (χ2n) is 6.98. The van der Waals surface area contributed by atoms with Crippen LogP contribution in [0.5, 0.6) is 0 Å². The number of amides is 1. The van der Waals surface area contributed by atoms with Crippen molar-refractivity contribution >= 4 is 27.6 Å². The fourth-order valence-electron chi connectivity index (χ4n) is 3.65. The number of carbonyl (C=O) groups excluding carboxylic acids is 2. The molecule has 1 aromatic carbocycles. The van der Waals surface area contributed by atoms with Gasteiger partial charge in [0, 0.05) is 25.2 Å². The van der Waals surface area contributed by atoms with E-state index in [-0.39, 0.29) is 23.5 Å². The van der Waals surface area contributed by atoms with E-state index in [1.54, 1.807) is 36.1 Å². The van der Waals surface area contributed by atoms with Crippen LogP contribution in [0.25, 0.3) is 0 Å². The lowest BCUT2D eigenvalue weighted by molar-refractivity contribution is -0.149. The fourth-order valence-corrected chi connectivity index (χ4v) is 5.29. The van der Waals surface area contributed by atoms with Crippen molar-refractivity contribution in [1.29, 1.82) is 0 Å². The predicted octanol–water partition coefficient (Wildman–Crippen LogP) is 2.03. The molecule has 2 saturated heterocycles. The van der Waals surface area contributed by atoms with E-state index in [1.165, 1.54) is 4.31 Å². The van der Waals surface area contributed by atoms with Gasteiger partial charge in [0.25, 0.3) is 5.91 Å². The van der Waals surface area contributed by atoms with Gasteiger partial charge in [0.05, 0.1) is 24.0 Å². The van der Waals surface area contributed by atoms with Gasteiger partial charge in [-0.15, -0.1) is 0 Å². The zero-order valence-electron chi connectivity index (χ0n) is 15.6. The number of anilines is 1. The third-order valence-corrected chi connectivity index (χ3v) is 6.95. The molecule has 7 nitrogen and oxygen atoms in total. The Kier molecular flexibility index (Phi) is 6.04. The van der Waals surface area contributed by atoms with Crippen LogP contribution >= 0.6 is 0 Å². The molecule has 2 aliphatic heterocycles. The molecule has 2 heterocycles. The van der Waals surface area contributed by atoms with Crippen LogP contribution in [0.15, 0.2) is 24.3 Å². The van der Waals surface area contributed by atoms with E-state index in [1.807, 2.05) is 0 Å². The van der Waals surface area contributed by atoms with Crippen LogP contribution < -0.4 is 4.31 Å². The second-order valence-corrected chi connectivity index (χ2v) is 9.00. The van der Waals surface area contributed by atoms with E-state index >= 15 is 0 Å². The first-order valence-corrected chi connectivity index (χ1v) is 11.1. The molecule has 1 amide bonds. The summed E-state index contributed by atoms with van der Waals surface area (Å²) in [6.07, 6.45) is 3.02. The summed E-state index contributed by atoms with van der Waals surface area (Å²) in [5.41, 5.74) is 1.09. The molecule has 2 aliphatic rings. The first-order valence-electron chi connectivity index (χ1n) is 9.49. The van der Waals surface area contributed by atoms with E-state index in [0.29, 0.717) is 43.9 Å². The van der Waals surface area contributed by atoms with Gasteiger partial charge in [-0.05, 0) is 56.9 Å². The molecule has 0 saturated carbocycles. The Morgan fingerprint density at radius 3 is 2.52 bits per heavy atom. The highest BCUT2D eigenvalue weighted by atomic mass is 32.2. The zero-order chi connectivity index (χ0) is 19.4. The van der Waals surface area contributed by atoms with Crippen LogP contribution in [0.1, 0.15) is 43.0 Å². The highest BCUT2D eigenvalue weighted by Gasteiger charge is 2.30. The van der Waals surface area contributed by atoms with Gasteiger partial charge >= 0.3 is 5.97 Å². The maximum Gasteiger partial charge on any atom is 0.310 e. The monoisotopic (exact) mass is 394 g/mol. The van der Waals surface area contributed by atoms with Crippen molar-refractivity contribution in [2.24, 2.45) is 5.92 Å². The van der Waals surface area contributed by atoms with Crippen LogP contribution in [-0.4, -0.2) is 57.2 Å². The predicted molar refractivity (Wildman–Crippen MR) is 102 cm³/mol. The average Bonchev–Trinajstić information content (AvgIpc) is 2.67. The summed E-state index contributed by atoms with van der Waals surface area (Å²) >= 11 is 0. The number of sulfonamides is 1. The highest BCUT2D eigenvalue weighted by molar-refractivity contribution is 7.92. The number of piperidine rings is 1. The number of rotatable bonds is 4. The number of likely N-dealkylation sites (tertiary alicyclic amines) is 1. The van der Waals surface area contributed by atoms with Crippen molar-refractivity contribution in [2.45, 2.75) is 32.6 Å². The van der Waals surface area contributed by atoms with Crippen LogP contribution in [0, 0.1) is 5.92 Å². The molecule has 2 fully saturated rings. The molecule has 1 atom stereocenters. The molecular weight excluding hydrogens is 368 g/mol. The molecule has 0 aliphatic carbocycles. The highest BCUT2D eigenvalue weighted by Crippen LogP contribution is 2.25. The van der Waals surface area contributed by atoms with Crippen LogP contribution in [0.2, 0.25) is 0 Å². The normalized spacial score (nSPS) is 22.3.